The molecular formula is C10H7N3S. The van der Waals surface area contributed by atoms with Crippen molar-refractivity contribution in [2.75, 3.05) is 0 Å². The Bertz CT molecular complexity index is 522. The molecule has 1 aromatic heterocycles. The minimum Gasteiger partial charge on any atom is -0.331 e. The highest BCUT2D eigenvalue weighted by molar-refractivity contribution is 7.97. The van der Waals surface area contributed by atoms with Crippen molar-refractivity contribution in [3.63, 3.8) is 0 Å². The quantitative estimate of drug-likeness (QED) is 0.663. The van der Waals surface area contributed by atoms with E-state index in [4.69, 9.17) is 0 Å². The van der Waals surface area contributed by atoms with Gasteiger partial charge in [-0.1, -0.05) is 12.1 Å². The monoisotopic (exact) mass is 201 g/mol. The zero-order valence-electron chi connectivity index (χ0n) is 7.27. The van der Waals surface area contributed by atoms with Gasteiger partial charge in [0.2, 0.25) is 0 Å². The van der Waals surface area contributed by atoms with Crippen molar-refractivity contribution in [1.29, 1.82) is 0 Å². The van der Waals surface area contributed by atoms with Gasteiger partial charge in [0.25, 0.3) is 0 Å². The molecule has 1 aromatic carbocycles. The summed E-state index contributed by atoms with van der Waals surface area (Å²) in [6, 6.07) is 7.89. The van der Waals surface area contributed by atoms with Crippen LogP contribution >= 0.6 is 11.9 Å². The van der Waals surface area contributed by atoms with Crippen LogP contribution in [0.15, 0.2) is 35.5 Å². The van der Waals surface area contributed by atoms with Gasteiger partial charge in [0.1, 0.15) is 5.03 Å². The highest BCUT2D eigenvalue weighted by Crippen LogP contribution is 2.23. The van der Waals surface area contributed by atoms with Crippen LogP contribution in [0.4, 0.5) is 0 Å². The molecule has 68 valence electrons. The Morgan fingerprint density at radius 1 is 1.07 bits per heavy atom. The minimum absolute atomic E-state index is 0.936. The van der Waals surface area contributed by atoms with Gasteiger partial charge in [0, 0.05) is 18.1 Å². The first-order valence-electron chi connectivity index (χ1n) is 4.29. The molecule has 1 aliphatic rings. The lowest BCUT2D eigenvalue weighted by Crippen LogP contribution is -2.02. The van der Waals surface area contributed by atoms with Crippen LogP contribution in [-0.2, 0) is 0 Å². The normalized spacial score (nSPS) is 13.7. The van der Waals surface area contributed by atoms with E-state index < -0.39 is 0 Å². The SMILES string of the molecule is C1=Cc2nc3ccccc3nc2SN1. The topological polar surface area (TPSA) is 37.8 Å². The summed E-state index contributed by atoms with van der Waals surface area (Å²) in [5.74, 6) is 0. The van der Waals surface area contributed by atoms with Crippen molar-refractivity contribution in [2.24, 2.45) is 0 Å². The maximum absolute atomic E-state index is 4.51. The molecule has 0 aliphatic carbocycles. The number of hydrogen-bond acceptors (Lipinski definition) is 4. The lowest BCUT2D eigenvalue weighted by atomic mass is 10.3. The molecule has 0 spiro atoms. The lowest BCUT2D eigenvalue weighted by Gasteiger charge is -2.09. The van der Waals surface area contributed by atoms with E-state index in [2.05, 4.69) is 14.7 Å². The molecule has 0 saturated heterocycles. The van der Waals surface area contributed by atoms with Crippen molar-refractivity contribution in [2.45, 2.75) is 5.03 Å². The standard InChI is InChI=1S/C10H7N3S/c1-2-4-8-7(3-1)12-9-5-6-11-14-10(9)13-8/h1-6,11H. The average molecular weight is 201 g/mol. The number of aromatic nitrogens is 2. The second-order valence-corrected chi connectivity index (χ2v) is 3.78. The van der Waals surface area contributed by atoms with Crippen LogP contribution in [0.2, 0.25) is 0 Å². The summed E-state index contributed by atoms with van der Waals surface area (Å²) in [4.78, 5) is 9.01. The van der Waals surface area contributed by atoms with Crippen molar-refractivity contribution in [1.82, 2.24) is 14.7 Å². The second kappa shape index (κ2) is 2.99. The third-order valence-corrected chi connectivity index (χ3v) is 2.78. The summed E-state index contributed by atoms with van der Waals surface area (Å²) < 4.78 is 3.04. The summed E-state index contributed by atoms with van der Waals surface area (Å²) in [7, 11) is 0. The predicted molar refractivity (Wildman–Crippen MR) is 57.6 cm³/mol. The summed E-state index contributed by atoms with van der Waals surface area (Å²) in [6.45, 7) is 0. The summed E-state index contributed by atoms with van der Waals surface area (Å²) in [6.07, 6.45) is 3.81. The molecule has 0 radical (unpaired) electrons. The van der Waals surface area contributed by atoms with Crippen molar-refractivity contribution in [3.05, 3.63) is 36.2 Å². The molecule has 0 saturated carbocycles. The Balaban J connectivity index is 2.34. The molecule has 14 heavy (non-hydrogen) atoms. The largest absolute Gasteiger partial charge is 0.331 e. The number of hydrogen-bond donors (Lipinski definition) is 1. The molecule has 0 amide bonds. The van der Waals surface area contributed by atoms with Crippen LogP contribution in [0.5, 0.6) is 0 Å². The van der Waals surface area contributed by atoms with E-state index in [1.807, 2.05) is 36.5 Å². The van der Waals surface area contributed by atoms with E-state index in [0.717, 1.165) is 21.8 Å². The number of benzene rings is 1. The molecule has 0 unspecified atom stereocenters. The Kier molecular flexibility index (Phi) is 1.67. The fraction of sp³-hybridized carbons (Fsp3) is 0. The summed E-state index contributed by atoms with van der Waals surface area (Å²) >= 11 is 1.49. The van der Waals surface area contributed by atoms with E-state index in [0.29, 0.717) is 0 Å². The highest BCUT2D eigenvalue weighted by atomic mass is 32.2. The van der Waals surface area contributed by atoms with E-state index in [-0.39, 0.29) is 0 Å². The highest BCUT2D eigenvalue weighted by Gasteiger charge is 2.09. The summed E-state index contributed by atoms with van der Waals surface area (Å²) in [5, 5.41) is 0.936. The summed E-state index contributed by atoms with van der Waals surface area (Å²) in [5.41, 5.74) is 2.82. The molecule has 2 heterocycles. The third-order valence-electron chi connectivity index (χ3n) is 2.03. The molecule has 0 bridgehead atoms. The maximum atomic E-state index is 4.51. The average Bonchev–Trinajstić information content (AvgIpc) is 2.26. The molecule has 2 aromatic rings. The van der Waals surface area contributed by atoms with Gasteiger partial charge in [0.15, 0.2) is 0 Å². The first-order valence-corrected chi connectivity index (χ1v) is 5.11. The predicted octanol–water partition coefficient (Wildman–Crippen LogP) is 2.21. The molecule has 1 N–H and O–H groups in total. The Morgan fingerprint density at radius 3 is 2.71 bits per heavy atom. The first kappa shape index (κ1) is 7.82. The molecule has 0 fully saturated rings. The number of fused-ring (bicyclic) bond motifs is 2. The third kappa shape index (κ3) is 1.15. The number of nitrogens with one attached hydrogen (secondary N) is 1. The fourth-order valence-corrected chi connectivity index (χ4v) is 1.99. The molecule has 0 atom stereocenters. The molecule has 3 nitrogen and oxygen atoms in total. The van der Waals surface area contributed by atoms with Crippen LogP contribution < -0.4 is 4.72 Å². The fourth-order valence-electron chi connectivity index (χ4n) is 1.38. The van der Waals surface area contributed by atoms with Crippen LogP contribution in [-0.4, -0.2) is 9.97 Å². The van der Waals surface area contributed by atoms with E-state index in [9.17, 15) is 0 Å². The first-order chi connectivity index (χ1) is 6.93. The lowest BCUT2D eigenvalue weighted by molar-refractivity contribution is 1.08. The molecule has 1 aliphatic heterocycles. The van der Waals surface area contributed by atoms with Gasteiger partial charge in [-0.2, -0.15) is 0 Å². The van der Waals surface area contributed by atoms with Crippen LogP contribution in [0, 0.1) is 0 Å². The van der Waals surface area contributed by atoms with Gasteiger partial charge in [-0.15, -0.1) is 0 Å². The number of nitrogens with zero attached hydrogens (tertiary/aromatic N) is 2. The van der Waals surface area contributed by atoms with Crippen molar-refractivity contribution in [3.8, 4) is 0 Å². The van der Waals surface area contributed by atoms with Crippen LogP contribution in [0.3, 0.4) is 0 Å². The molecule has 3 rings (SSSR count). The molecular weight excluding hydrogens is 194 g/mol. The van der Waals surface area contributed by atoms with Crippen molar-refractivity contribution < 1.29 is 0 Å². The van der Waals surface area contributed by atoms with E-state index >= 15 is 0 Å². The van der Waals surface area contributed by atoms with Crippen LogP contribution in [0.1, 0.15) is 5.69 Å². The van der Waals surface area contributed by atoms with Crippen molar-refractivity contribution >= 4 is 29.1 Å². The zero-order chi connectivity index (χ0) is 9.38. The van der Waals surface area contributed by atoms with Gasteiger partial charge in [-0.25, -0.2) is 9.97 Å². The van der Waals surface area contributed by atoms with Crippen LogP contribution in [0.25, 0.3) is 17.1 Å². The number of rotatable bonds is 0. The minimum atomic E-state index is 0.936. The van der Waals surface area contributed by atoms with Gasteiger partial charge >= 0.3 is 0 Å². The maximum Gasteiger partial charge on any atom is 0.143 e. The smallest absolute Gasteiger partial charge is 0.143 e. The van der Waals surface area contributed by atoms with Gasteiger partial charge in [-0.05, 0) is 18.2 Å². The van der Waals surface area contributed by atoms with E-state index in [1.165, 1.54) is 11.9 Å². The Labute approximate surface area is 85.4 Å². The zero-order valence-corrected chi connectivity index (χ0v) is 8.08. The Morgan fingerprint density at radius 2 is 1.86 bits per heavy atom. The second-order valence-electron chi connectivity index (χ2n) is 2.96. The van der Waals surface area contributed by atoms with E-state index in [1.54, 1.807) is 0 Å². The van der Waals surface area contributed by atoms with Gasteiger partial charge < -0.3 is 4.72 Å². The molecule has 4 heteroatoms. The number of para-hydroxylation sites is 2. The van der Waals surface area contributed by atoms with Gasteiger partial charge in [-0.3, -0.25) is 0 Å². The van der Waals surface area contributed by atoms with Gasteiger partial charge in [0.05, 0.1) is 16.7 Å². The Hall–Kier alpha value is -1.55.